The van der Waals surface area contributed by atoms with E-state index in [0.29, 0.717) is 19.3 Å². The number of carbonyl (C=O) groups is 3. The molecule has 0 spiro atoms. The molecule has 300 valence electrons. The summed E-state index contributed by atoms with van der Waals surface area (Å²) < 4.78 is 17.2. The number of ether oxygens (including phenoxy) is 3. The minimum atomic E-state index is -0.882. The van der Waals surface area contributed by atoms with Gasteiger partial charge in [-0.05, 0) is 57.8 Å². The van der Waals surface area contributed by atoms with Gasteiger partial charge < -0.3 is 23.8 Å². The summed E-state index contributed by atoms with van der Waals surface area (Å²) in [5, 5.41) is 9.59. The standard InChI is InChI=1S/C44H77NO7/c1-6-8-10-12-14-16-18-19-20-21-22-23-24-25-27-29-31-33-35-43(47)52-40(38-50-37-36-41(44(48)49)45(3,4)5)39-51-42(46)34-32-30-28-26-17-15-13-11-9-7-2/h13,15,18-23,40-41H,6-12,14,16-17,24-39H2,1-5H3/p+1/b15-13+,19-18+,21-20+,23-22+. The highest BCUT2D eigenvalue weighted by Crippen LogP contribution is 2.13. The van der Waals surface area contributed by atoms with Crippen LogP contribution >= 0.6 is 0 Å². The molecule has 0 aromatic carbocycles. The minimum absolute atomic E-state index is 0.0480. The smallest absolute Gasteiger partial charge is 0.362 e. The Bertz CT molecular complexity index is 995. The molecule has 0 rings (SSSR count). The first-order valence-corrected chi connectivity index (χ1v) is 20.7. The number of allylic oxidation sites excluding steroid dienone is 8. The second-order valence-electron chi connectivity index (χ2n) is 14.9. The number of rotatable bonds is 36. The maximum absolute atomic E-state index is 12.7. The minimum Gasteiger partial charge on any atom is -0.477 e. The number of nitrogens with zero attached hydrogens (tertiary/aromatic N) is 1. The average Bonchev–Trinajstić information content (AvgIpc) is 3.09. The molecule has 0 saturated heterocycles. The number of carboxylic acids is 1. The number of likely N-dealkylation sites (N-methyl/N-ethyl adjacent to an activating group) is 1. The van der Waals surface area contributed by atoms with Gasteiger partial charge in [0, 0.05) is 19.3 Å². The van der Waals surface area contributed by atoms with E-state index in [2.05, 4.69) is 62.5 Å². The van der Waals surface area contributed by atoms with Gasteiger partial charge >= 0.3 is 17.9 Å². The molecule has 0 aliphatic carbocycles. The van der Waals surface area contributed by atoms with Crippen LogP contribution in [0.3, 0.4) is 0 Å². The van der Waals surface area contributed by atoms with Gasteiger partial charge in [0.05, 0.1) is 34.4 Å². The van der Waals surface area contributed by atoms with E-state index >= 15 is 0 Å². The van der Waals surface area contributed by atoms with Gasteiger partial charge in [-0.1, -0.05) is 133 Å². The maximum atomic E-state index is 12.7. The summed E-state index contributed by atoms with van der Waals surface area (Å²) in [5.74, 6) is -1.52. The highest BCUT2D eigenvalue weighted by atomic mass is 16.6. The number of hydrogen-bond donors (Lipinski definition) is 1. The maximum Gasteiger partial charge on any atom is 0.362 e. The number of unbranched alkanes of at least 4 members (excludes halogenated alkanes) is 16. The van der Waals surface area contributed by atoms with Gasteiger partial charge in [0.15, 0.2) is 12.1 Å². The number of carbonyl (C=O) groups excluding carboxylic acids is 2. The number of hydrogen-bond acceptors (Lipinski definition) is 6. The average molecular weight is 733 g/mol. The number of esters is 2. The molecule has 0 aromatic heterocycles. The molecule has 2 unspecified atom stereocenters. The first-order chi connectivity index (χ1) is 25.1. The van der Waals surface area contributed by atoms with E-state index in [0.717, 1.165) is 83.5 Å². The second-order valence-corrected chi connectivity index (χ2v) is 14.9. The van der Waals surface area contributed by atoms with Gasteiger partial charge in [0.1, 0.15) is 6.61 Å². The van der Waals surface area contributed by atoms with Crippen molar-refractivity contribution in [2.24, 2.45) is 0 Å². The Morgan fingerprint density at radius 2 is 1.06 bits per heavy atom. The molecule has 0 heterocycles. The fraction of sp³-hybridized carbons (Fsp3) is 0.750. The molecule has 0 saturated carbocycles. The Hall–Kier alpha value is -2.71. The quantitative estimate of drug-likeness (QED) is 0.0225. The predicted octanol–water partition coefficient (Wildman–Crippen LogP) is 10.9. The summed E-state index contributed by atoms with van der Waals surface area (Å²) in [6, 6.07) is -0.620. The molecular weight excluding hydrogens is 654 g/mol. The summed E-state index contributed by atoms with van der Waals surface area (Å²) in [6.07, 6.45) is 40.1. The van der Waals surface area contributed by atoms with Crippen LogP contribution in [0.4, 0.5) is 0 Å². The summed E-state index contributed by atoms with van der Waals surface area (Å²) in [6.45, 7) is 4.63. The van der Waals surface area contributed by atoms with Gasteiger partial charge in [-0.2, -0.15) is 0 Å². The first kappa shape index (κ1) is 49.3. The lowest BCUT2D eigenvalue weighted by atomic mass is 10.1. The van der Waals surface area contributed by atoms with Crippen LogP contribution in [0.1, 0.15) is 162 Å². The summed E-state index contributed by atoms with van der Waals surface area (Å²) in [5.41, 5.74) is 0. The van der Waals surface area contributed by atoms with Crippen molar-refractivity contribution in [2.45, 2.75) is 174 Å². The third kappa shape index (κ3) is 33.1. The topological polar surface area (TPSA) is 99.1 Å². The number of carboxylic acid groups (broad SMARTS) is 1. The van der Waals surface area contributed by atoms with Crippen LogP contribution in [0.5, 0.6) is 0 Å². The molecule has 0 aromatic rings. The lowest BCUT2D eigenvalue weighted by Crippen LogP contribution is -2.50. The van der Waals surface area contributed by atoms with E-state index in [1.807, 2.05) is 21.1 Å². The highest BCUT2D eigenvalue weighted by Gasteiger charge is 2.31. The van der Waals surface area contributed by atoms with Gasteiger partial charge in [-0.25, -0.2) is 4.79 Å². The van der Waals surface area contributed by atoms with Crippen LogP contribution < -0.4 is 0 Å². The van der Waals surface area contributed by atoms with Gasteiger partial charge in [0.25, 0.3) is 0 Å². The lowest BCUT2D eigenvalue weighted by Gasteiger charge is -2.31. The molecule has 0 amide bonds. The molecule has 8 heteroatoms. The molecule has 0 aliphatic rings. The van der Waals surface area contributed by atoms with E-state index < -0.39 is 18.1 Å². The third-order valence-corrected chi connectivity index (χ3v) is 9.01. The molecule has 2 atom stereocenters. The van der Waals surface area contributed by atoms with Crippen molar-refractivity contribution in [3.8, 4) is 0 Å². The SMILES string of the molecule is CCCC/C=C/CCCCCCC(=O)OCC(COCCC(C(=O)O)[N+](C)(C)C)OC(=O)CCCCCCC/C=C/C=C/C=C/CCCCCCC. The van der Waals surface area contributed by atoms with E-state index in [1.165, 1.54) is 44.9 Å². The van der Waals surface area contributed by atoms with E-state index in [-0.39, 0.29) is 36.2 Å². The van der Waals surface area contributed by atoms with Crippen molar-refractivity contribution in [2.75, 3.05) is 41.0 Å². The van der Waals surface area contributed by atoms with E-state index in [9.17, 15) is 19.5 Å². The van der Waals surface area contributed by atoms with Gasteiger partial charge in [-0.15, -0.1) is 0 Å². The molecule has 0 fully saturated rings. The zero-order chi connectivity index (χ0) is 38.5. The molecular formula is C44H78NO7+. The Balaban J connectivity index is 4.42. The van der Waals surface area contributed by atoms with Crippen molar-refractivity contribution in [3.05, 3.63) is 48.6 Å². The zero-order valence-corrected chi connectivity index (χ0v) is 34.0. The zero-order valence-electron chi connectivity index (χ0n) is 34.0. The Morgan fingerprint density at radius 1 is 0.577 bits per heavy atom. The largest absolute Gasteiger partial charge is 0.477 e. The molecule has 0 radical (unpaired) electrons. The first-order valence-electron chi connectivity index (χ1n) is 20.7. The van der Waals surface area contributed by atoms with E-state index in [1.54, 1.807) is 0 Å². The Morgan fingerprint density at radius 3 is 1.60 bits per heavy atom. The summed E-state index contributed by atoms with van der Waals surface area (Å²) in [4.78, 5) is 36.8. The van der Waals surface area contributed by atoms with Crippen molar-refractivity contribution in [1.82, 2.24) is 0 Å². The van der Waals surface area contributed by atoms with E-state index in [4.69, 9.17) is 14.2 Å². The van der Waals surface area contributed by atoms with Crippen LogP contribution in [0.2, 0.25) is 0 Å². The number of quaternary nitrogens is 1. The second kappa shape index (κ2) is 35.3. The Kier molecular flexibility index (Phi) is 33.5. The molecule has 0 bridgehead atoms. The Labute approximate surface area is 318 Å². The summed E-state index contributed by atoms with van der Waals surface area (Å²) >= 11 is 0. The van der Waals surface area contributed by atoms with Crippen LogP contribution in [0.15, 0.2) is 48.6 Å². The van der Waals surface area contributed by atoms with Crippen LogP contribution in [0.25, 0.3) is 0 Å². The fourth-order valence-electron chi connectivity index (χ4n) is 5.72. The summed E-state index contributed by atoms with van der Waals surface area (Å²) in [7, 11) is 5.50. The molecule has 52 heavy (non-hydrogen) atoms. The van der Waals surface area contributed by atoms with Gasteiger partial charge in [0.2, 0.25) is 0 Å². The monoisotopic (exact) mass is 733 g/mol. The van der Waals surface area contributed by atoms with Crippen molar-refractivity contribution >= 4 is 17.9 Å². The van der Waals surface area contributed by atoms with Crippen molar-refractivity contribution < 1.29 is 38.2 Å². The fourth-order valence-corrected chi connectivity index (χ4v) is 5.72. The van der Waals surface area contributed by atoms with Crippen LogP contribution in [-0.4, -0.2) is 80.6 Å². The van der Waals surface area contributed by atoms with Crippen LogP contribution in [-0.2, 0) is 28.6 Å². The predicted molar refractivity (Wildman–Crippen MR) is 215 cm³/mol. The molecule has 1 N–H and O–H groups in total. The number of aliphatic carboxylic acids is 1. The van der Waals surface area contributed by atoms with Crippen LogP contribution in [0, 0.1) is 0 Å². The molecule has 0 aliphatic heterocycles. The highest BCUT2D eigenvalue weighted by molar-refractivity contribution is 5.72. The van der Waals surface area contributed by atoms with Crippen molar-refractivity contribution in [3.63, 3.8) is 0 Å². The van der Waals surface area contributed by atoms with Gasteiger partial charge in [-0.3, -0.25) is 9.59 Å². The normalized spacial score (nSPS) is 13.5. The van der Waals surface area contributed by atoms with Crippen molar-refractivity contribution in [1.29, 1.82) is 0 Å². The lowest BCUT2D eigenvalue weighted by molar-refractivity contribution is -0.887. The third-order valence-electron chi connectivity index (χ3n) is 9.01. The molecule has 8 nitrogen and oxygen atoms in total.